The first kappa shape index (κ1) is 52.4. The first-order valence-electron chi connectivity index (χ1n) is 21.1. The summed E-state index contributed by atoms with van der Waals surface area (Å²) in [4.78, 5) is 95.5. The highest BCUT2D eigenvalue weighted by molar-refractivity contribution is 5.93. The number of aliphatic hydroxyl groups is 3. The van der Waals surface area contributed by atoms with E-state index in [9.17, 15) is 59.1 Å². The number of nitrogens with two attached hydrogens (primary N) is 2. The van der Waals surface area contributed by atoms with Crippen LogP contribution in [0.2, 0.25) is 0 Å². The number of H-pyrrole nitrogens is 1. The number of aliphatic imine (C=N–C) groups is 1. The molecule has 3 aliphatic heterocycles. The van der Waals surface area contributed by atoms with Crippen LogP contribution in [0.5, 0.6) is 0 Å². The van der Waals surface area contributed by atoms with Gasteiger partial charge < -0.3 is 87.8 Å². The minimum atomic E-state index is -1.89. The van der Waals surface area contributed by atoms with Gasteiger partial charge in [-0.15, -0.1) is 0 Å². The first-order valence-corrected chi connectivity index (χ1v) is 21.1. The van der Waals surface area contributed by atoms with E-state index in [0.29, 0.717) is 0 Å². The molecule has 3 aliphatic rings. The molecule has 27 nitrogen and oxygen atoms in total. The average molecular weight is 930 g/mol. The fourth-order valence-corrected chi connectivity index (χ4v) is 7.63. The van der Waals surface area contributed by atoms with Gasteiger partial charge in [0.2, 0.25) is 11.8 Å². The lowest BCUT2D eigenvalue weighted by molar-refractivity contribution is -0.231. The molecule has 65 heavy (non-hydrogen) atoms. The van der Waals surface area contributed by atoms with Crippen molar-refractivity contribution in [3.05, 3.63) is 33.1 Å². The van der Waals surface area contributed by atoms with Crippen molar-refractivity contribution in [3.63, 3.8) is 0 Å². The molecule has 1 aromatic rings. The average Bonchev–Trinajstić information content (AvgIpc) is 3.70. The normalized spacial score (nSPS) is 27.7. The van der Waals surface area contributed by atoms with Crippen molar-refractivity contribution >= 4 is 35.7 Å². The fourth-order valence-electron chi connectivity index (χ4n) is 7.63. The summed E-state index contributed by atoms with van der Waals surface area (Å²) < 4.78 is 23.8. The Labute approximate surface area is 372 Å². The number of nitrogens with one attached hydrogen (secondary N) is 7. The molecule has 0 aromatic carbocycles. The summed E-state index contributed by atoms with van der Waals surface area (Å²) in [6, 6.07) is -6.25. The van der Waals surface area contributed by atoms with Crippen LogP contribution in [0.25, 0.3) is 0 Å². The number of amides is 4. The van der Waals surface area contributed by atoms with Gasteiger partial charge in [-0.1, -0.05) is 27.7 Å². The van der Waals surface area contributed by atoms with Crippen molar-refractivity contribution in [3.8, 4) is 0 Å². The van der Waals surface area contributed by atoms with Gasteiger partial charge in [0.1, 0.15) is 66.9 Å². The number of aliphatic hydroxyl groups excluding tert-OH is 3. The highest BCUT2D eigenvalue weighted by Crippen LogP contribution is 2.35. The molecule has 0 spiro atoms. The smallest absolute Gasteiger partial charge is 0.330 e. The summed E-state index contributed by atoms with van der Waals surface area (Å²) in [5.74, 6) is -4.80. The van der Waals surface area contributed by atoms with E-state index in [4.69, 9.17) is 30.4 Å². The number of aromatic amines is 1. The lowest BCUT2D eigenvalue weighted by Crippen LogP contribution is -2.64. The quantitative estimate of drug-likeness (QED) is 0.0455. The van der Waals surface area contributed by atoms with E-state index in [-0.39, 0.29) is 57.3 Å². The number of carboxylic acids is 2. The minimum Gasteiger partial charge on any atom is -0.480 e. The molecule has 0 aliphatic carbocycles. The van der Waals surface area contributed by atoms with Gasteiger partial charge in [0.25, 0.3) is 5.56 Å². The van der Waals surface area contributed by atoms with Crippen molar-refractivity contribution in [1.82, 2.24) is 41.5 Å². The Morgan fingerprint density at radius 3 is 2.23 bits per heavy atom. The van der Waals surface area contributed by atoms with Crippen molar-refractivity contribution in [2.75, 3.05) is 33.3 Å². The molecule has 14 unspecified atom stereocenters. The molecular weight excluding hydrogens is 866 g/mol. The van der Waals surface area contributed by atoms with E-state index < -0.39 is 132 Å². The van der Waals surface area contributed by atoms with Crippen LogP contribution in [-0.4, -0.2) is 183 Å². The predicted octanol–water partition coefficient (Wildman–Crippen LogP) is -5.87. The van der Waals surface area contributed by atoms with Crippen LogP contribution in [0.4, 0.5) is 4.79 Å². The number of hydrogen-bond donors (Lipinski definition) is 14. The Balaban J connectivity index is 1.47. The van der Waals surface area contributed by atoms with Gasteiger partial charge in [0.05, 0.1) is 6.04 Å². The van der Waals surface area contributed by atoms with Gasteiger partial charge in [-0.3, -0.25) is 33.7 Å². The third-order valence-corrected chi connectivity index (χ3v) is 11.0. The number of nitrogens with zero attached hydrogens (tertiary/aromatic N) is 2. The zero-order valence-electron chi connectivity index (χ0n) is 36.6. The Bertz CT molecular complexity index is 1950. The summed E-state index contributed by atoms with van der Waals surface area (Å²) in [5.41, 5.74) is 9.85. The molecular formula is C38H63N11O16. The van der Waals surface area contributed by atoms with Gasteiger partial charge in [-0.25, -0.2) is 14.4 Å². The Hall–Kier alpha value is -5.26. The third kappa shape index (κ3) is 13.6. The Morgan fingerprint density at radius 2 is 1.65 bits per heavy atom. The highest BCUT2D eigenvalue weighted by Gasteiger charge is 2.54. The van der Waals surface area contributed by atoms with Crippen LogP contribution in [0.15, 0.2) is 26.8 Å². The van der Waals surface area contributed by atoms with Gasteiger partial charge >= 0.3 is 23.7 Å². The molecule has 27 heteroatoms. The van der Waals surface area contributed by atoms with E-state index >= 15 is 0 Å². The molecule has 4 rings (SSSR count). The van der Waals surface area contributed by atoms with E-state index in [1.807, 2.05) is 18.8 Å². The number of aromatic nitrogens is 2. The molecule has 0 bridgehead atoms. The van der Waals surface area contributed by atoms with Crippen LogP contribution >= 0.6 is 0 Å². The fraction of sp³-hybridized carbons (Fsp3) is 0.737. The largest absolute Gasteiger partial charge is 0.480 e. The van der Waals surface area contributed by atoms with Crippen LogP contribution < -0.4 is 54.6 Å². The molecule has 4 heterocycles. The second-order valence-corrected chi connectivity index (χ2v) is 16.6. The maximum atomic E-state index is 13.9. The summed E-state index contributed by atoms with van der Waals surface area (Å²) in [7, 11) is 1.24. The minimum absolute atomic E-state index is 0.0152. The van der Waals surface area contributed by atoms with Gasteiger partial charge in [-0.2, -0.15) is 0 Å². The van der Waals surface area contributed by atoms with Gasteiger partial charge in [-0.05, 0) is 37.6 Å². The number of aliphatic carboxylic acids is 2. The summed E-state index contributed by atoms with van der Waals surface area (Å²) in [5, 5.41) is 68.9. The third-order valence-electron chi connectivity index (χ3n) is 11.0. The molecule has 1 aromatic heterocycles. The van der Waals surface area contributed by atoms with E-state index in [0.717, 1.165) is 16.8 Å². The lowest BCUT2D eigenvalue weighted by Gasteiger charge is -2.34. The molecule has 2 fully saturated rings. The second-order valence-electron chi connectivity index (χ2n) is 16.6. The number of urea groups is 1. The van der Waals surface area contributed by atoms with Crippen LogP contribution in [0, 0.1) is 11.8 Å². The molecule has 4 amide bonds. The molecule has 0 radical (unpaired) electrons. The SMILES string of the molecule is COC1C(OC(C(NCCCNC(=O)C(CC(C)C)NC(=O)C(NC(=O)NC(C(=O)O)C(C)C)C2CCN=C(N)N2)C(=O)O)C2OC(n3ccc(=O)[nH]c3=O)C(O)C2O)OC(CN)C1O. The number of methoxy groups -OCH3 is 1. The van der Waals surface area contributed by atoms with Gasteiger partial charge in [0.15, 0.2) is 18.5 Å². The maximum absolute atomic E-state index is 13.9. The molecule has 14 atom stereocenters. The van der Waals surface area contributed by atoms with Crippen molar-refractivity contribution in [2.24, 2.45) is 28.3 Å². The van der Waals surface area contributed by atoms with E-state index in [1.54, 1.807) is 13.8 Å². The van der Waals surface area contributed by atoms with E-state index in [1.165, 1.54) is 7.11 Å². The summed E-state index contributed by atoms with van der Waals surface area (Å²) in [6.45, 7) is 6.66. The predicted molar refractivity (Wildman–Crippen MR) is 225 cm³/mol. The number of carbonyl (C=O) groups is 5. The second kappa shape index (κ2) is 23.8. The zero-order chi connectivity index (χ0) is 48.3. The monoisotopic (exact) mass is 929 g/mol. The molecule has 2 saturated heterocycles. The molecule has 0 saturated carbocycles. The van der Waals surface area contributed by atoms with Crippen LogP contribution in [0.3, 0.4) is 0 Å². The number of hydrogen-bond acceptors (Lipinski definition) is 19. The number of ether oxygens (including phenoxy) is 4. The number of guanidine groups is 1. The topological polar surface area (TPSA) is 415 Å². The van der Waals surface area contributed by atoms with Crippen LogP contribution in [-0.2, 0) is 38.1 Å². The zero-order valence-corrected chi connectivity index (χ0v) is 36.6. The van der Waals surface area contributed by atoms with Crippen molar-refractivity contribution in [2.45, 2.75) is 132 Å². The Morgan fingerprint density at radius 1 is 0.954 bits per heavy atom. The first-order chi connectivity index (χ1) is 30.7. The van der Waals surface area contributed by atoms with Crippen molar-refractivity contribution < 1.29 is 68.5 Å². The number of carboxylic acid groups (broad SMARTS) is 2. The maximum Gasteiger partial charge on any atom is 0.330 e. The highest BCUT2D eigenvalue weighted by atomic mass is 16.7. The lowest BCUT2D eigenvalue weighted by atomic mass is 9.98. The molecule has 366 valence electrons. The standard InChI is InChI=1S/C38H63N11O16/c1-15(2)13-18(44-31(55)22(17-7-11-43-36(40)45-17)48-37(60)47-21(16(3)4)33(56)57)30(54)42-10-6-9-41-23(34(58)59)27(65-35-29(62-5)24(51)19(14-39)63-35)28-25(52)26(53)32(64-28)49-12-8-20(50)46-38(49)61/h8,12,15-19,21-29,32,35,41,51-53H,6-7,9-11,13-14,39H2,1-5H3,(H,42,54)(H,44,55)(H,56,57)(H,58,59)(H3,40,43,45)(H,46,50,61)(H2,47,48,60). The molecule has 16 N–H and O–H groups in total. The van der Waals surface area contributed by atoms with Gasteiger partial charge in [0, 0.05) is 39.0 Å². The number of rotatable bonds is 23. The van der Waals surface area contributed by atoms with E-state index in [2.05, 4.69) is 36.9 Å². The number of carbonyl (C=O) groups excluding carboxylic acids is 3. The van der Waals surface area contributed by atoms with Crippen molar-refractivity contribution in [1.29, 1.82) is 0 Å². The Kier molecular flexibility index (Phi) is 19.2. The van der Waals surface area contributed by atoms with Crippen LogP contribution in [0.1, 0.15) is 53.2 Å². The summed E-state index contributed by atoms with van der Waals surface area (Å²) in [6.07, 6.45) is -12.3. The summed E-state index contributed by atoms with van der Waals surface area (Å²) >= 11 is 0.